The van der Waals surface area contributed by atoms with Crippen LogP contribution < -0.4 is 5.32 Å². The minimum Gasteiger partial charge on any atom is -0.481 e. The number of amides is 1. The van der Waals surface area contributed by atoms with E-state index in [2.05, 4.69) is 5.32 Å². The summed E-state index contributed by atoms with van der Waals surface area (Å²) in [5.41, 5.74) is -0.279. The van der Waals surface area contributed by atoms with Crippen molar-refractivity contribution in [1.29, 1.82) is 0 Å². The van der Waals surface area contributed by atoms with Crippen LogP contribution in [-0.4, -0.2) is 36.2 Å². The summed E-state index contributed by atoms with van der Waals surface area (Å²) in [6.07, 6.45) is 1.13. The van der Waals surface area contributed by atoms with Gasteiger partial charge in [0, 0.05) is 19.1 Å². The minimum absolute atomic E-state index is 0.0644. The highest BCUT2D eigenvalue weighted by Gasteiger charge is 2.28. The van der Waals surface area contributed by atoms with Gasteiger partial charge in [-0.3, -0.25) is 9.59 Å². The normalized spacial score (nSPS) is 13.1. The summed E-state index contributed by atoms with van der Waals surface area (Å²) in [4.78, 5) is 22.4. The first-order chi connectivity index (χ1) is 8.27. The van der Waals surface area contributed by atoms with E-state index in [1.165, 1.54) is 0 Å². The lowest BCUT2D eigenvalue weighted by Gasteiger charge is -2.30. The third-order valence-electron chi connectivity index (χ3n) is 2.58. The molecule has 0 saturated carbocycles. The first kappa shape index (κ1) is 16.9. The molecule has 5 heteroatoms. The third-order valence-corrected chi connectivity index (χ3v) is 2.58. The molecule has 106 valence electrons. The lowest BCUT2D eigenvalue weighted by Crippen LogP contribution is -2.45. The molecule has 1 amide bonds. The van der Waals surface area contributed by atoms with E-state index >= 15 is 0 Å². The van der Waals surface area contributed by atoms with Crippen LogP contribution >= 0.6 is 0 Å². The summed E-state index contributed by atoms with van der Waals surface area (Å²) in [5, 5.41) is 11.6. The van der Waals surface area contributed by atoms with Gasteiger partial charge in [0.2, 0.25) is 5.91 Å². The van der Waals surface area contributed by atoms with Gasteiger partial charge in [-0.15, -0.1) is 0 Å². The average molecular weight is 259 g/mol. The Morgan fingerprint density at radius 3 is 2.33 bits per heavy atom. The van der Waals surface area contributed by atoms with Crippen LogP contribution in [0, 0.1) is 5.41 Å². The third kappa shape index (κ3) is 8.06. The highest BCUT2D eigenvalue weighted by atomic mass is 16.5. The SMILES string of the molecule is CCCOCCC(=O)NC(CC(=O)O)C(C)(C)C. The zero-order valence-corrected chi connectivity index (χ0v) is 11.8. The molecule has 0 fully saturated rings. The van der Waals surface area contributed by atoms with Gasteiger partial charge >= 0.3 is 5.97 Å². The van der Waals surface area contributed by atoms with E-state index in [0.29, 0.717) is 13.2 Å². The number of hydrogen-bond donors (Lipinski definition) is 2. The molecular formula is C13H25NO4. The monoisotopic (exact) mass is 259 g/mol. The maximum Gasteiger partial charge on any atom is 0.305 e. The van der Waals surface area contributed by atoms with Crippen LogP contribution in [-0.2, 0) is 14.3 Å². The van der Waals surface area contributed by atoms with Crippen LogP contribution in [0.1, 0.15) is 47.0 Å². The summed E-state index contributed by atoms with van der Waals surface area (Å²) in [7, 11) is 0. The summed E-state index contributed by atoms with van der Waals surface area (Å²) in [6, 6.07) is -0.367. The fraction of sp³-hybridized carbons (Fsp3) is 0.846. The van der Waals surface area contributed by atoms with Crippen molar-refractivity contribution in [3.63, 3.8) is 0 Å². The van der Waals surface area contributed by atoms with Gasteiger partial charge < -0.3 is 15.2 Å². The molecule has 0 saturated heterocycles. The average Bonchev–Trinajstić information content (AvgIpc) is 2.21. The summed E-state index contributed by atoms with van der Waals surface area (Å²) >= 11 is 0. The molecule has 0 aliphatic rings. The van der Waals surface area contributed by atoms with Crippen LogP contribution in [0.3, 0.4) is 0 Å². The van der Waals surface area contributed by atoms with Crippen LogP contribution in [0.4, 0.5) is 0 Å². The Labute approximate surface area is 109 Å². The Morgan fingerprint density at radius 1 is 1.28 bits per heavy atom. The van der Waals surface area contributed by atoms with Crippen LogP contribution in [0.15, 0.2) is 0 Å². The molecule has 0 aromatic rings. The number of carboxylic acids is 1. The van der Waals surface area contributed by atoms with Crippen molar-refractivity contribution in [2.75, 3.05) is 13.2 Å². The van der Waals surface area contributed by atoms with E-state index in [0.717, 1.165) is 6.42 Å². The summed E-state index contributed by atoms with van der Waals surface area (Å²) in [5.74, 6) is -1.07. The molecule has 0 aliphatic carbocycles. The van der Waals surface area contributed by atoms with E-state index in [9.17, 15) is 9.59 Å². The molecule has 0 aromatic carbocycles. The van der Waals surface area contributed by atoms with Crippen molar-refractivity contribution in [3.8, 4) is 0 Å². The zero-order valence-electron chi connectivity index (χ0n) is 11.8. The number of carbonyl (C=O) groups is 2. The molecule has 0 spiro atoms. The van der Waals surface area contributed by atoms with E-state index in [-0.39, 0.29) is 30.2 Å². The number of aliphatic carboxylic acids is 1. The van der Waals surface area contributed by atoms with Crippen LogP contribution in [0.2, 0.25) is 0 Å². The quantitative estimate of drug-likeness (QED) is 0.652. The van der Waals surface area contributed by atoms with Crippen molar-refractivity contribution < 1.29 is 19.4 Å². The molecule has 0 bridgehead atoms. The Balaban J connectivity index is 4.15. The van der Waals surface area contributed by atoms with E-state index in [1.54, 1.807) is 0 Å². The van der Waals surface area contributed by atoms with Crippen molar-refractivity contribution >= 4 is 11.9 Å². The molecule has 0 aliphatic heterocycles. The zero-order chi connectivity index (χ0) is 14.2. The predicted molar refractivity (Wildman–Crippen MR) is 69.4 cm³/mol. The maximum absolute atomic E-state index is 11.7. The second-order valence-electron chi connectivity index (χ2n) is 5.45. The molecule has 1 atom stereocenters. The first-order valence-electron chi connectivity index (χ1n) is 6.36. The number of nitrogens with one attached hydrogen (secondary N) is 1. The molecule has 1 unspecified atom stereocenters. The van der Waals surface area contributed by atoms with Crippen molar-refractivity contribution in [1.82, 2.24) is 5.32 Å². The molecule has 0 heterocycles. The molecule has 0 aromatic heterocycles. The molecule has 5 nitrogen and oxygen atoms in total. The van der Waals surface area contributed by atoms with Gasteiger partial charge in [0.1, 0.15) is 0 Å². The lowest BCUT2D eigenvalue weighted by atomic mass is 9.84. The predicted octanol–water partition coefficient (Wildman–Crippen LogP) is 1.81. The Bertz CT molecular complexity index is 271. The van der Waals surface area contributed by atoms with Gasteiger partial charge in [0.05, 0.1) is 13.0 Å². The van der Waals surface area contributed by atoms with Gasteiger partial charge in [-0.2, -0.15) is 0 Å². The first-order valence-corrected chi connectivity index (χ1v) is 6.36. The highest BCUT2D eigenvalue weighted by molar-refractivity contribution is 5.77. The topological polar surface area (TPSA) is 75.6 Å². The molecular weight excluding hydrogens is 234 g/mol. The number of ether oxygens (including phenoxy) is 1. The van der Waals surface area contributed by atoms with Gasteiger partial charge in [0.25, 0.3) is 0 Å². The van der Waals surface area contributed by atoms with E-state index in [1.807, 2.05) is 27.7 Å². The van der Waals surface area contributed by atoms with Crippen molar-refractivity contribution in [2.45, 2.75) is 53.0 Å². The Hall–Kier alpha value is -1.10. The second kappa shape index (κ2) is 8.08. The van der Waals surface area contributed by atoms with Gasteiger partial charge in [-0.25, -0.2) is 0 Å². The summed E-state index contributed by atoms with van der Waals surface area (Å²) in [6.45, 7) is 8.76. The highest BCUT2D eigenvalue weighted by Crippen LogP contribution is 2.21. The molecule has 0 rings (SSSR count). The van der Waals surface area contributed by atoms with E-state index < -0.39 is 5.97 Å². The van der Waals surface area contributed by atoms with Gasteiger partial charge in [-0.1, -0.05) is 27.7 Å². The molecule has 2 N–H and O–H groups in total. The van der Waals surface area contributed by atoms with Crippen LogP contribution in [0.5, 0.6) is 0 Å². The fourth-order valence-electron chi connectivity index (χ4n) is 1.43. The number of carbonyl (C=O) groups excluding carboxylic acids is 1. The smallest absolute Gasteiger partial charge is 0.305 e. The van der Waals surface area contributed by atoms with E-state index in [4.69, 9.17) is 9.84 Å². The number of rotatable bonds is 8. The Kier molecular flexibility index (Phi) is 7.59. The second-order valence-corrected chi connectivity index (χ2v) is 5.45. The Morgan fingerprint density at radius 2 is 1.89 bits per heavy atom. The van der Waals surface area contributed by atoms with Crippen LogP contribution in [0.25, 0.3) is 0 Å². The molecule has 18 heavy (non-hydrogen) atoms. The standard InChI is InChI=1S/C13H25NO4/c1-5-7-18-8-6-11(15)14-10(9-12(16)17)13(2,3)4/h10H,5-9H2,1-4H3,(H,14,15)(H,16,17). The minimum atomic E-state index is -0.905. The van der Waals surface area contributed by atoms with Crippen molar-refractivity contribution in [2.24, 2.45) is 5.41 Å². The lowest BCUT2D eigenvalue weighted by molar-refractivity contribution is -0.138. The van der Waals surface area contributed by atoms with Gasteiger partial charge in [0.15, 0.2) is 0 Å². The largest absolute Gasteiger partial charge is 0.481 e. The number of carboxylic acid groups (broad SMARTS) is 1. The van der Waals surface area contributed by atoms with Gasteiger partial charge in [-0.05, 0) is 11.8 Å². The maximum atomic E-state index is 11.7. The number of hydrogen-bond acceptors (Lipinski definition) is 3. The molecule has 0 radical (unpaired) electrons. The van der Waals surface area contributed by atoms with Crippen molar-refractivity contribution in [3.05, 3.63) is 0 Å². The summed E-state index contributed by atoms with van der Waals surface area (Å²) < 4.78 is 5.22. The fourth-order valence-corrected chi connectivity index (χ4v) is 1.43.